The molecule has 0 aromatic carbocycles. The van der Waals surface area contributed by atoms with Gasteiger partial charge in [0.2, 0.25) is 0 Å². The summed E-state index contributed by atoms with van der Waals surface area (Å²) in [4.78, 5) is 11.3. The summed E-state index contributed by atoms with van der Waals surface area (Å²) < 4.78 is 4.71. The van der Waals surface area contributed by atoms with Crippen molar-refractivity contribution in [3.8, 4) is 0 Å². The van der Waals surface area contributed by atoms with Crippen molar-refractivity contribution in [3.05, 3.63) is 23.3 Å². The monoisotopic (exact) mass is 251 g/mol. The summed E-state index contributed by atoms with van der Waals surface area (Å²) in [6.07, 6.45) is 11.4. The summed E-state index contributed by atoms with van der Waals surface area (Å²) in [5.74, 6) is -0.214. The molecule has 0 atom stereocenters. The normalized spacial score (nSPS) is 16.3. The first-order valence-corrected chi connectivity index (χ1v) is 6.94. The van der Waals surface area contributed by atoms with E-state index in [0.29, 0.717) is 0 Å². The molecule has 0 aliphatic heterocycles. The molecule has 0 saturated carbocycles. The number of nitrogens with one attached hydrogen (secondary N) is 1. The quantitative estimate of drug-likeness (QED) is 0.327. The second kappa shape index (κ2) is 8.92. The second-order valence-electron chi connectivity index (χ2n) is 4.64. The maximum atomic E-state index is 11.3. The van der Waals surface area contributed by atoms with Crippen LogP contribution in [0.1, 0.15) is 45.4 Å². The minimum Gasteiger partial charge on any atom is -0.466 e. The highest BCUT2D eigenvalue weighted by atomic mass is 16.5. The van der Waals surface area contributed by atoms with Gasteiger partial charge in [-0.3, -0.25) is 0 Å². The zero-order valence-corrected chi connectivity index (χ0v) is 11.6. The molecule has 3 nitrogen and oxygen atoms in total. The number of ether oxygens (including phenoxy) is 1. The average molecular weight is 251 g/mol. The van der Waals surface area contributed by atoms with Crippen molar-refractivity contribution in [1.82, 2.24) is 5.32 Å². The van der Waals surface area contributed by atoms with Crippen LogP contribution in [0, 0.1) is 0 Å². The number of carbonyl (C=O) groups is 1. The summed E-state index contributed by atoms with van der Waals surface area (Å²) in [5, 5.41) is 3.35. The Bertz CT molecular complexity index is 318. The Hall–Kier alpha value is -1.09. The third-order valence-electron chi connectivity index (χ3n) is 3.33. The zero-order valence-electron chi connectivity index (χ0n) is 11.6. The lowest BCUT2D eigenvalue weighted by Gasteiger charge is -2.12. The van der Waals surface area contributed by atoms with Gasteiger partial charge in [0.05, 0.1) is 7.11 Å². The number of esters is 1. The van der Waals surface area contributed by atoms with Gasteiger partial charge in [-0.1, -0.05) is 24.6 Å². The van der Waals surface area contributed by atoms with Crippen LogP contribution in [0.4, 0.5) is 0 Å². The smallest absolute Gasteiger partial charge is 0.333 e. The van der Waals surface area contributed by atoms with E-state index in [1.807, 2.05) is 13.0 Å². The van der Waals surface area contributed by atoms with Crippen LogP contribution in [0.2, 0.25) is 0 Å². The van der Waals surface area contributed by atoms with Gasteiger partial charge < -0.3 is 10.1 Å². The van der Waals surface area contributed by atoms with E-state index in [1.54, 1.807) is 5.57 Å². The van der Waals surface area contributed by atoms with Crippen LogP contribution >= 0.6 is 0 Å². The van der Waals surface area contributed by atoms with Gasteiger partial charge in [-0.15, -0.1) is 0 Å². The van der Waals surface area contributed by atoms with E-state index >= 15 is 0 Å². The van der Waals surface area contributed by atoms with E-state index in [9.17, 15) is 4.79 Å². The first kappa shape index (κ1) is 15.0. The molecular weight excluding hydrogens is 226 g/mol. The van der Waals surface area contributed by atoms with Crippen LogP contribution in [0.25, 0.3) is 0 Å². The number of methoxy groups -OCH3 is 1. The highest BCUT2D eigenvalue weighted by Crippen LogP contribution is 2.19. The highest BCUT2D eigenvalue weighted by molar-refractivity contribution is 5.88. The van der Waals surface area contributed by atoms with Crippen molar-refractivity contribution in [1.29, 1.82) is 0 Å². The SMILES string of the molecule is CCC(=CCNCCC1=CCCCC1)C(=O)OC. The molecule has 3 heteroatoms. The summed E-state index contributed by atoms with van der Waals surface area (Å²) in [6, 6.07) is 0. The van der Waals surface area contributed by atoms with Crippen molar-refractivity contribution >= 4 is 5.97 Å². The molecule has 18 heavy (non-hydrogen) atoms. The van der Waals surface area contributed by atoms with Crippen molar-refractivity contribution in [3.63, 3.8) is 0 Å². The first-order valence-electron chi connectivity index (χ1n) is 6.94. The molecule has 0 fully saturated rings. The molecular formula is C15H25NO2. The molecule has 0 aromatic rings. The van der Waals surface area contributed by atoms with Crippen molar-refractivity contribution in [2.75, 3.05) is 20.2 Å². The summed E-state index contributed by atoms with van der Waals surface area (Å²) in [7, 11) is 1.43. The minimum atomic E-state index is -0.214. The average Bonchev–Trinajstić information content (AvgIpc) is 2.43. The molecule has 0 saturated heterocycles. The molecule has 0 bridgehead atoms. The molecule has 0 amide bonds. The Kier molecular flexibility index (Phi) is 7.42. The van der Waals surface area contributed by atoms with Crippen LogP contribution in [0.5, 0.6) is 0 Å². The van der Waals surface area contributed by atoms with Gasteiger partial charge in [-0.05, 0) is 45.1 Å². The molecule has 1 aliphatic rings. The van der Waals surface area contributed by atoms with E-state index in [-0.39, 0.29) is 5.97 Å². The van der Waals surface area contributed by atoms with Crippen molar-refractivity contribution in [2.45, 2.75) is 45.4 Å². The fourth-order valence-corrected chi connectivity index (χ4v) is 2.18. The number of hydrogen-bond donors (Lipinski definition) is 1. The maximum absolute atomic E-state index is 11.3. The highest BCUT2D eigenvalue weighted by Gasteiger charge is 2.06. The van der Waals surface area contributed by atoms with Gasteiger partial charge in [0.15, 0.2) is 0 Å². The fraction of sp³-hybridized carbons (Fsp3) is 0.667. The molecule has 0 spiro atoms. The van der Waals surface area contributed by atoms with Crippen LogP contribution in [0.15, 0.2) is 23.3 Å². The molecule has 1 rings (SSSR count). The zero-order chi connectivity index (χ0) is 13.2. The maximum Gasteiger partial charge on any atom is 0.333 e. The first-order chi connectivity index (χ1) is 8.77. The fourth-order valence-electron chi connectivity index (χ4n) is 2.18. The predicted molar refractivity (Wildman–Crippen MR) is 74.4 cm³/mol. The van der Waals surface area contributed by atoms with Crippen LogP contribution in [0.3, 0.4) is 0 Å². The molecule has 1 N–H and O–H groups in total. The van der Waals surface area contributed by atoms with Gasteiger partial charge >= 0.3 is 5.97 Å². The third kappa shape index (κ3) is 5.50. The van der Waals surface area contributed by atoms with Gasteiger partial charge in [-0.25, -0.2) is 4.79 Å². The van der Waals surface area contributed by atoms with Crippen LogP contribution in [-0.4, -0.2) is 26.2 Å². The standard InChI is InChI=1S/C15H25NO2/c1-3-14(15(17)18-2)10-12-16-11-9-13-7-5-4-6-8-13/h7,10,16H,3-6,8-9,11-12H2,1-2H3. The number of carbonyl (C=O) groups excluding carboxylic acids is 1. The van der Waals surface area contributed by atoms with E-state index in [0.717, 1.165) is 31.5 Å². The van der Waals surface area contributed by atoms with E-state index in [1.165, 1.54) is 32.8 Å². The van der Waals surface area contributed by atoms with E-state index < -0.39 is 0 Å². The van der Waals surface area contributed by atoms with E-state index in [2.05, 4.69) is 11.4 Å². The topological polar surface area (TPSA) is 38.3 Å². The molecule has 0 radical (unpaired) electrons. The summed E-state index contributed by atoms with van der Waals surface area (Å²) in [5.41, 5.74) is 2.34. The Balaban J connectivity index is 2.18. The number of hydrogen-bond acceptors (Lipinski definition) is 3. The van der Waals surface area contributed by atoms with Gasteiger partial charge in [-0.2, -0.15) is 0 Å². The Morgan fingerprint density at radius 3 is 2.94 bits per heavy atom. The molecule has 102 valence electrons. The Morgan fingerprint density at radius 1 is 1.50 bits per heavy atom. The second-order valence-corrected chi connectivity index (χ2v) is 4.64. The molecule has 0 heterocycles. The van der Waals surface area contributed by atoms with Gasteiger partial charge in [0, 0.05) is 12.1 Å². The Labute approximate surface area is 110 Å². The largest absolute Gasteiger partial charge is 0.466 e. The number of rotatable bonds is 7. The van der Waals surface area contributed by atoms with Gasteiger partial charge in [0.25, 0.3) is 0 Å². The third-order valence-corrected chi connectivity index (χ3v) is 3.33. The van der Waals surface area contributed by atoms with Crippen LogP contribution in [-0.2, 0) is 9.53 Å². The van der Waals surface area contributed by atoms with Crippen molar-refractivity contribution < 1.29 is 9.53 Å². The van der Waals surface area contributed by atoms with Crippen molar-refractivity contribution in [2.24, 2.45) is 0 Å². The predicted octanol–water partition coefficient (Wildman–Crippen LogP) is 2.98. The summed E-state index contributed by atoms with van der Waals surface area (Å²) in [6.45, 7) is 3.70. The lowest BCUT2D eigenvalue weighted by molar-refractivity contribution is -0.136. The Morgan fingerprint density at radius 2 is 2.33 bits per heavy atom. The lowest BCUT2D eigenvalue weighted by Crippen LogP contribution is -2.17. The molecule has 0 aromatic heterocycles. The minimum absolute atomic E-state index is 0.214. The lowest BCUT2D eigenvalue weighted by atomic mass is 9.97. The molecule has 0 unspecified atom stereocenters. The van der Waals surface area contributed by atoms with Crippen LogP contribution < -0.4 is 5.32 Å². The van der Waals surface area contributed by atoms with Gasteiger partial charge in [0.1, 0.15) is 0 Å². The van der Waals surface area contributed by atoms with E-state index in [4.69, 9.17) is 4.74 Å². The summed E-state index contributed by atoms with van der Waals surface area (Å²) >= 11 is 0. The molecule has 1 aliphatic carbocycles. The number of allylic oxidation sites excluding steroid dienone is 1.